The summed E-state index contributed by atoms with van der Waals surface area (Å²) in [6.45, 7) is 10.9. The average molecular weight is 266 g/mol. The molecule has 19 heavy (non-hydrogen) atoms. The molecule has 110 valence electrons. The fourth-order valence-electron chi connectivity index (χ4n) is 3.25. The monoisotopic (exact) mass is 266 g/mol. The maximum absolute atomic E-state index is 12.7. The molecule has 1 saturated heterocycles. The van der Waals surface area contributed by atoms with Gasteiger partial charge in [0.1, 0.15) is 0 Å². The molecule has 3 unspecified atom stereocenters. The van der Waals surface area contributed by atoms with E-state index in [0.717, 1.165) is 12.3 Å². The second kappa shape index (κ2) is 5.82. The van der Waals surface area contributed by atoms with Gasteiger partial charge in [0.25, 0.3) is 0 Å². The van der Waals surface area contributed by atoms with E-state index in [4.69, 9.17) is 0 Å². The van der Waals surface area contributed by atoms with E-state index in [1.54, 1.807) is 0 Å². The Hall–Kier alpha value is -0.570. The highest BCUT2D eigenvalue weighted by Gasteiger charge is 2.45. The zero-order valence-corrected chi connectivity index (χ0v) is 13.1. The van der Waals surface area contributed by atoms with Crippen LogP contribution in [0.4, 0.5) is 0 Å². The second-order valence-electron chi connectivity index (χ2n) is 7.06. The minimum Gasteiger partial charge on any atom is -0.323 e. The van der Waals surface area contributed by atoms with Crippen LogP contribution in [0.3, 0.4) is 0 Å². The lowest BCUT2D eigenvalue weighted by Crippen LogP contribution is -2.47. The van der Waals surface area contributed by atoms with Gasteiger partial charge in [0, 0.05) is 6.04 Å². The highest BCUT2D eigenvalue weighted by molar-refractivity contribution is 5.85. The number of nitrogens with one attached hydrogen (secondary N) is 1. The molecule has 1 aliphatic heterocycles. The van der Waals surface area contributed by atoms with Crippen LogP contribution in [0.25, 0.3) is 0 Å². The molecule has 0 bridgehead atoms. The van der Waals surface area contributed by atoms with Gasteiger partial charge in [-0.15, -0.1) is 0 Å². The van der Waals surface area contributed by atoms with Crippen LogP contribution >= 0.6 is 0 Å². The summed E-state index contributed by atoms with van der Waals surface area (Å²) < 4.78 is 0. The van der Waals surface area contributed by atoms with Crippen molar-refractivity contribution in [3.05, 3.63) is 0 Å². The second-order valence-corrected chi connectivity index (χ2v) is 7.06. The van der Waals surface area contributed by atoms with Crippen LogP contribution in [0.15, 0.2) is 0 Å². The van der Waals surface area contributed by atoms with E-state index < -0.39 is 0 Å². The summed E-state index contributed by atoms with van der Waals surface area (Å²) in [5, 5.41) is 3.57. The van der Waals surface area contributed by atoms with Crippen LogP contribution in [0.2, 0.25) is 0 Å². The first-order chi connectivity index (χ1) is 8.95. The summed E-state index contributed by atoms with van der Waals surface area (Å²) in [6.07, 6.45) is 5.25. The van der Waals surface area contributed by atoms with Gasteiger partial charge in [-0.2, -0.15) is 0 Å². The topological polar surface area (TPSA) is 32.3 Å². The fourth-order valence-corrected chi connectivity index (χ4v) is 3.25. The minimum absolute atomic E-state index is 0.0145. The van der Waals surface area contributed by atoms with Gasteiger partial charge in [0.05, 0.1) is 12.2 Å². The first-order valence-corrected chi connectivity index (χ1v) is 8.03. The van der Waals surface area contributed by atoms with Gasteiger partial charge in [0.2, 0.25) is 5.91 Å². The Kier molecular flexibility index (Phi) is 4.54. The number of hydrogen-bond donors (Lipinski definition) is 1. The van der Waals surface area contributed by atoms with Crippen molar-refractivity contribution >= 4 is 5.91 Å². The van der Waals surface area contributed by atoms with Crippen molar-refractivity contribution in [1.29, 1.82) is 0 Å². The van der Waals surface area contributed by atoms with Crippen LogP contribution in [0.5, 0.6) is 0 Å². The van der Waals surface area contributed by atoms with Crippen LogP contribution in [-0.2, 0) is 4.79 Å². The maximum Gasteiger partial charge on any atom is 0.241 e. The predicted octanol–water partition coefficient (Wildman–Crippen LogP) is 3.00. The lowest BCUT2D eigenvalue weighted by atomic mass is 10.0. The Balaban J connectivity index is 2.14. The standard InChI is InChI=1S/C16H30N2O/c1-6-13(9-12-7-8-12)18-15(11(4)5)17-14(10(2)3)16(18)19/h10-15,17H,6-9H2,1-5H3. The molecule has 1 amide bonds. The molecule has 3 atom stereocenters. The summed E-state index contributed by atoms with van der Waals surface area (Å²) in [5.74, 6) is 2.06. The van der Waals surface area contributed by atoms with Gasteiger partial charge in [-0.1, -0.05) is 47.5 Å². The van der Waals surface area contributed by atoms with Crippen molar-refractivity contribution in [2.24, 2.45) is 17.8 Å². The molecule has 0 aromatic heterocycles. The van der Waals surface area contributed by atoms with Crippen molar-refractivity contribution < 1.29 is 4.79 Å². The maximum atomic E-state index is 12.7. The molecule has 3 nitrogen and oxygen atoms in total. The first-order valence-electron chi connectivity index (χ1n) is 8.03. The molecule has 0 radical (unpaired) electrons. The third kappa shape index (κ3) is 3.13. The molecule has 1 aliphatic carbocycles. The summed E-state index contributed by atoms with van der Waals surface area (Å²) in [6, 6.07) is 0.448. The molecule has 1 N–H and O–H groups in total. The molecule has 0 aromatic rings. The van der Waals surface area contributed by atoms with Crippen LogP contribution < -0.4 is 5.32 Å². The lowest BCUT2D eigenvalue weighted by molar-refractivity contribution is -0.133. The Bertz CT molecular complexity index is 323. The predicted molar refractivity (Wildman–Crippen MR) is 78.7 cm³/mol. The molecular formula is C16H30N2O. The van der Waals surface area contributed by atoms with Gasteiger partial charge < -0.3 is 4.90 Å². The fraction of sp³-hybridized carbons (Fsp3) is 0.938. The number of rotatable bonds is 6. The van der Waals surface area contributed by atoms with Crippen LogP contribution in [-0.4, -0.2) is 29.1 Å². The SMILES string of the molecule is CCC(CC1CC1)N1C(=O)C(C(C)C)NC1C(C)C. The Morgan fingerprint density at radius 2 is 1.84 bits per heavy atom. The van der Waals surface area contributed by atoms with Gasteiger partial charge in [-0.05, 0) is 30.6 Å². The molecule has 1 heterocycles. The number of carbonyl (C=O) groups excluding carboxylic acids is 1. The van der Waals surface area contributed by atoms with Gasteiger partial charge in [0.15, 0.2) is 0 Å². The number of nitrogens with zero attached hydrogens (tertiary/aromatic N) is 1. The van der Waals surface area contributed by atoms with Crippen molar-refractivity contribution in [2.45, 2.75) is 78.6 Å². The average Bonchev–Trinajstić information content (AvgIpc) is 3.08. The minimum atomic E-state index is 0.0145. The summed E-state index contributed by atoms with van der Waals surface area (Å²) in [7, 11) is 0. The van der Waals surface area contributed by atoms with Crippen molar-refractivity contribution in [3.63, 3.8) is 0 Å². The first kappa shape index (κ1) is 14.8. The molecular weight excluding hydrogens is 236 g/mol. The molecule has 0 spiro atoms. The molecule has 2 rings (SSSR count). The van der Waals surface area contributed by atoms with E-state index in [1.165, 1.54) is 19.3 Å². The number of hydrogen-bond acceptors (Lipinski definition) is 2. The van der Waals surface area contributed by atoms with Crippen molar-refractivity contribution in [3.8, 4) is 0 Å². The molecule has 2 fully saturated rings. The van der Waals surface area contributed by atoms with Gasteiger partial charge in [-0.25, -0.2) is 0 Å². The zero-order chi connectivity index (χ0) is 14.2. The highest BCUT2D eigenvalue weighted by atomic mass is 16.2. The number of amides is 1. The van der Waals surface area contributed by atoms with Gasteiger partial charge >= 0.3 is 0 Å². The van der Waals surface area contributed by atoms with Crippen molar-refractivity contribution in [2.75, 3.05) is 0 Å². The highest BCUT2D eigenvalue weighted by Crippen LogP contribution is 2.37. The Morgan fingerprint density at radius 1 is 1.21 bits per heavy atom. The van der Waals surface area contributed by atoms with Crippen molar-refractivity contribution in [1.82, 2.24) is 10.2 Å². The van der Waals surface area contributed by atoms with E-state index in [9.17, 15) is 4.79 Å². The normalized spacial score (nSPS) is 29.6. The lowest BCUT2D eigenvalue weighted by Gasteiger charge is -2.34. The molecule has 2 aliphatic rings. The van der Waals surface area contributed by atoms with E-state index in [0.29, 0.717) is 23.8 Å². The summed E-state index contributed by atoms with van der Waals surface area (Å²) in [4.78, 5) is 14.9. The largest absolute Gasteiger partial charge is 0.323 e. The molecule has 3 heteroatoms. The van der Waals surface area contributed by atoms with E-state index in [2.05, 4.69) is 44.8 Å². The van der Waals surface area contributed by atoms with Crippen LogP contribution in [0, 0.1) is 17.8 Å². The Morgan fingerprint density at radius 3 is 2.26 bits per heavy atom. The number of carbonyl (C=O) groups is 1. The Labute approximate surface area is 118 Å². The molecule has 0 aromatic carbocycles. The van der Waals surface area contributed by atoms with E-state index in [1.807, 2.05) is 0 Å². The third-order valence-corrected chi connectivity index (χ3v) is 4.64. The summed E-state index contributed by atoms with van der Waals surface area (Å²) in [5.41, 5.74) is 0. The van der Waals surface area contributed by atoms with E-state index >= 15 is 0 Å². The molecule has 1 saturated carbocycles. The summed E-state index contributed by atoms with van der Waals surface area (Å²) >= 11 is 0. The van der Waals surface area contributed by atoms with Crippen LogP contribution in [0.1, 0.15) is 60.3 Å². The third-order valence-electron chi connectivity index (χ3n) is 4.64. The van der Waals surface area contributed by atoms with Gasteiger partial charge in [-0.3, -0.25) is 10.1 Å². The quantitative estimate of drug-likeness (QED) is 0.801. The van der Waals surface area contributed by atoms with E-state index in [-0.39, 0.29) is 12.2 Å². The smallest absolute Gasteiger partial charge is 0.241 e. The zero-order valence-electron chi connectivity index (χ0n) is 13.1.